The van der Waals surface area contributed by atoms with E-state index in [1.165, 1.54) is 17.4 Å². The number of H-pyrrole nitrogens is 1. The van der Waals surface area contributed by atoms with Crippen molar-refractivity contribution in [1.29, 1.82) is 0 Å². The van der Waals surface area contributed by atoms with Crippen LogP contribution in [0.1, 0.15) is 16.7 Å². The predicted octanol–water partition coefficient (Wildman–Crippen LogP) is 3.18. The molecule has 0 saturated carbocycles. The van der Waals surface area contributed by atoms with Gasteiger partial charge in [0.05, 0.1) is 4.90 Å². The molecular formula is C18H21N5O2S. The van der Waals surface area contributed by atoms with Crippen molar-refractivity contribution >= 4 is 27.4 Å². The topological polar surface area (TPSA) is 99.8 Å². The van der Waals surface area contributed by atoms with Gasteiger partial charge in [0.1, 0.15) is 0 Å². The third kappa shape index (κ3) is 4.60. The molecule has 8 heteroatoms. The zero-order valence-corrected chi connectivity index (χ0v) is 15.7. The van der Waals surface area contributed by atoms with Gasteiger partial charge in [0.25, 0.3) is 0 Å². The molecule has 0 fully saturated rings. The summed E-state index contributed by atoms with van der Waals surface area (Å²) in [5, 5.41) is 13.3. The smallest absolute Gasteiger partial charge is 0.243 e. The molecule has 0 atom stereocenters. The third-order valence-corrected chi connectivity index (χ3v) is 4.90. The number of nitrogens with one attached hydrogen (secondary N) is 3. The molecule has 3 rings (SSSR count). The summed E-state index contributed by atoms with van der Waals surface area (Å²) in [6, 6.07) is 12.9. The Hall–Kier alpha value is -2.87. The summed E-state index contributed by atoms with van der Waals surface area (Å²) in [5.41, 5.74) is 4.22. The van der Waals surface area contributed by atoms with Gasteiger partial charge >= 0.3 is 0 Å². The van der Waals surface area contributed by atoms with Gasteiger partial charge in [-0.3, -0.25) is 0 Å². The summed E-state index contributed by atoms with van der Waals surface area (Å²) in [6.45, 7) is 4.58. The van der Waals surface area contributed by atoms with Crippen LogP contribution >= 0.6 is 0 Å². The quantitative estimate of drug-likeness (QED) is 0.615. The normalized spacial score (nSPS) is 11.3. The molecule has 3 aromatic rings. The molecule has 136 valence electrons. The summed E-state index contributed by atoms with van der Waals surface area (Å²) in [6.07, 6.45) is 1.19. The molecule has 2 aromatic carbocycles. The molecule has 26 heavy (non-hydrogen) atoms. The van der Waals surface area contributed by atoms with Gasteiger partial charge < -0.3 is 10.6 Å². The molecule has 3 N–H and O–H groups in total. The molecule has 0 unspecified atom stereocenters. The van der Waals surface area contributed by atoms with Crippen LogP contribution in [0.4, 0.5) is 17.6 Å². The Morgan fingerprint density at radius 2 is 1.69 bits per heavy atom. The van der Waals surface area contributed by atoms with E-state index in [1.807, 2.05) is 26.0 Å². The summed E-state index contributed by atoms with van der Waals surface area (Å²) >= 11 is 0. The number of anilines is 3. The van der Waals surface area contributed by atoms with Crippen molar-refractivity contribution in [3.63, 3.8) is 0 Å². The molecule has 0 radical (unpaired) electrons. The molecule has 0 amide bonds. The molecule has 0 aliphatic heterocycles. The third-order valence-electron chi connectivity index (χ3n) is 3.77. The van der Waals surface area contributed by atoms with E-state index in [1.54, 1.807) is 24.3 Å². The van der Waals surface area contributed by atoms with E-state index in [4.69, 9.17) is 0 Å². The number of aromatic amines is 1. The molecule has 1 heterocycles. The Morgan fingerprint density at radius 1 is 1.04 bits per heavy atom. The second-order valence-electron chi connectivity index (χ2n) is 6.28. The molecule has 0 aliphatic rings. The molecule has 0 saturated heterocycles. The summed E-state index contributed by atoms with van der Waals surface area (Å²) in [5.74, 6) is 1.01. The highest BCUT2D eigenvalue weighted by atomic mass is 32.2. The van der Waals surface area contributed by atoms with Crippen LogP contribution in [0.25, 0.3) is 0 Å². The fourth-order valence-electron chi connectivity index (χ4n) is 2.62. The Balaban J connectivity index is 1.61. The van der Waals surface area contributed by atoms with E-state index in [0.717, 1.165) is 11.3 Å². The van der Waals surface area contributed by atoms with Gasteiger partial charge in [-0.25, -0.2) is 13.5 Å². The lowest BCUT2D eigenvalue weighted by atomic mass is 10.1. The van der Waals surface area contributed by atoms with Gasteiger partial charge in [0.2, 0.25) is 11.9 Å². The highest BCUT2D eigenvalue weighted by Crippen LogP contribution is 2.18. The Bertz CT molecular complexity index is 990. The van der Waals surface area contributed by atoms with Gasteiger partial charge in [0.15, 0.2) is 9.84 Å². The number of rotatable bonds is 6. The first kappa shape index (κ1) is 17.9. The van der Waals surface area contributed by atoms with E-state index < -0.39 is 9.84 Å². The first-order valence-corrected chi connectivity index (χ1v) is 9.99. The second kappa shape index (κ2) is 7.17. The first-order valence-electron chi connectivity index (χ1n) is 8.10. The SMILES string of the molecule is Cc1cc(C)cc(Nc2nc(NCc3ccc(S(C)(=O)=O)cc3)n[nH]2)c1. The maximum absolute atomic E-state index is 11.5. The molecule has 0 aliphatic carbocycles. The van der Waals surface area contributed by atoms with E-state index in [9.17, 15) is 8.42 Å². The van der Waals surface area contributed by atoms with Crippen molar-refractivity contribution in [2.75, 3.05) is 16.9 Å². The summed E-state index contributed by atoms with van der Waals surface area (Å²) in [4.78, 5) is 4.66. The molecule has 1 aromatic heterocycles. The first-order chi connectivity index (χ1) is 12.3. The van der Waals surface area contributed by atoms with Gasteiger partial charge in [-0.1, -0.05) is 18.2 Å². The average molecular weight is 371 g/mol. The zero-order valence-electron chi connectivity index (χ0n) is 14.9. The number of aromatic nitrogens is 3. The molecule has 0 spiro atoms. The number of aryl methyl sites for hydroxylation is 2. The summed E-state index contributed by atoms with van der Waals surface area (Å²) < 4.78 is 22.9. The largest absolute Gasteiger partial charge is 0.349 e. The van der Waals surface area contributed by atoms with E-state index in [-0.39, 0.29) is 0 Å². The number of hydrogen-bond acceptors (Lipinski definition) is 6. The van der Waals surface area contributed by atoms with Gasteiger partial charge in [-0.2, -0.15) is 4.98 Å². The lowest BCUT2D eigenvalue weighted by Gasteiger charge is -2.05. The highest BCUT2D eigenvalue weighted by Gasteiger charge is 2.07. The van der Waals surface area contributed by atoms with Gasteiger partial charge in [-0.05, 0) is 54.8 Å². The van der Waals surface area contributed by atoms with Crippen LogP contribution in [0.3, 0.4) is 0 Å². The Labute approximate surface area is 152 Å². The average Bonchev–Trinajstić information content (AvgIpc) is 2.99. The standard InChI is InChI=1S/C18H21N5O2S/c1-12-8-13(2)10-15(9-12)20-18-21-17(22-23-18)19-11-14-4-6-16(7-5-14)26(3,24)25/h4-10H,11H2,1-3H3,(H3,19,20,21,22,23). The maximum atomic E-state index is 11.5. The fourth-order valence-corrected chi connectivity index (χ4v) is 3.25. The maximum Gasteiger partial charge on any atom is 0.243 e. The van der Waals surface area contributed by atoms with Crippen molar-refractivity contribution in [3.8, 4) is 0 Å². The van der Waals surface area contributed by atoms with Crippen molar-refractivity contribution in [3.05, 3.63) is 59.2 Å². The van der Waals surface area contributed by atoms with E-state index >= 15 is 0 Å². The molecule has 7 nitrogen and oxygen atoms in total. The minimum atomic E-state index is -3.18. The second-order valence-corrected chi connectivity index (χ2v) is 8.29. The summed E-state index contributed by atoms with van der Waals surface area (Å²) in [7, 11) is -3.18. The van der Waals surface area contributed by atoms with Crippen LogP contribution in [-0.4, -0.2) is 29.9 Å². The van der Waals surface area contributed by atoms with Crippen LogP contribution < -0.4 is 10.6 Å². The fraction of sp³-hybridized carbons (Fsp3) is 0.222. The number of hydrogen-bond donors (Lipinski definition) is 3. The minimum absolute atomic E-state index is 0.305. The van der Waals surface area contributed by atoms with Crippen LogP contribution in [0.15, 0.2) is 47.4 Å². The minimum Gasteiger partial charge on any atom is -0.349 e. The number of nitrogens with zero attached hydrogens (tertiary/aromatic N) is 2. The Kier molecular flexibility index (Phi) is 4.94. The van der Waals surface area contributed by atoms with Gasteiger partial charge in [-0.15, -0.1) is 5.10 Å². The van der Waals surface area contributed by atoms with Crippen LogP contribution in [0.5, 0.6) is 0 Å². The Morgan fingerprint density at radius 3 is 2.31 bits per heavy atom. The van der Waals surface area contributed by atoms with Gasteiger partial charge in [0, 0.05) is 18.5 Å². The van der Waals surface area contributed by atoms with Crippen molar-refractivity contribution < 1.29 is 8.42 Å². The van der Waals surface area contributed by atoms with E-state index in [0.29, 0.717) is 23.3 Å². The monoisotopic (exact) mass is 371 g/mol. The van der Waals surface area contributed by atoms with Crippen molar-refractivity contribution in [2.45, 2.75) is 25.3 Å². The van der Waals surface area contributed by atoms with Crippen LogP contribution in [-0.2, 0) is 16.4 Å². The lowest BCUT2D eigenvalue weighted by Crippen LogP contribution is -2.02. The van der Waals surface area contributed by atoms with Crippen LogP contribution in [0, 0.1) is 13.8 Å². The number of benzene rings is 2. The van der Waals surface area contributed by atoms with E-state index in [2.05, 4.69) is 31.9 Å². The predicted molar refractivity (Wildman–Crippen MR) is 102 cm³/mol. The van der Waals surface area contributed by atoms with Crippen LogP contribution in [0.2, 0.25) is 0 Å². The lowest BCUT2D eigenvalue weighted by molar-refractivity contribution is 0.602. The zero-order chi connectivity index (χ0) is 18.7. The highest BCUT2D eigenvalue weighted by molar-refractivity contribution is 7.90. The van der Waals surface area contributed by atoms with Crippen molar-refractivity contribution in [1.82, 2.24) is 15.2 Å². The molecule has 0 bridgehead atoms. The number of sulfone groups is 1. The van der Waals surface area contributed by atoms with Crippen molar-refractivity contribution in [2.24, 2.45) is 0 Å². The molecular weight excluding hydrogens is 350 g/mol.